The van der Waals surface area contributed by atoms with E-state index in [1.165, 1.54) is 11.8 Å². The quantitative estimate of drug-likeness (QED) is 0.575. The van der Waals surface area contributed by atoms with E-state index in [0.29, 0.717) is 13.2 Å². The van der Waals surface area contributed by atoms with Crippen LogP contribution in [-0.4, -0.2) is 42.4 Å². The van der Waals surface area contributed by atoms with Crippen LogP contribution in [0, 0.1) is 6.92 Å². The van der Waals surface area contributed by atoms with Crippen LogP contribution in [0.2, 0.25) is 0 Å². The second kappa shape index (κ2) is 9.27. The maximum atomic E-state index is 11.8. The van der Waals surface area contributed by atoms with Crippen LogP contribution in [0.15, 0.2) is 29.3 Å². The molecule has 25 heavy (non-hydrogen) atoms. The molecule has 0 aliphatic heterocycles. The van der Waals surface area contributed by atoms with Crippen LogP contribution >= 0.6 is 11.8 Å². The van der Waals surface area contributed by atoms with Crippen LogP contribution in [-0.2, 0) is 14.3 Å². The second-order valence-electron chi connectivity index (χ2n) is 5.27. The number of nitrogens with one attached hydrogen (secondary N) is 1. The molecule has 0 bridgehead atoms. The van der Waals surface area contributed by atoms with Crippen LogP contribution in [0.25, 0.3) is 10.9 Å². The Hall–Kier alpha value is -2.28. The van der Waals surface area contributed by atoms with Gasteiger partial charge in [-0.2, -0.15) is 0 Å². The monoisotopic (exact) mass is 362 g/mol. The zero-order valence-corrected chi connectivity index (χ0v) is 15.4. The normalized spacial score (nSPS) is 10.5. The SMILES string of the molecule is CCOC(=O)CNC(=O)CSc1nc2ccc(OCC)cc2cc1C. The smallest absolute Gasteiger partial charge is 0.325 e. The molecule has 0 aliphatic carbocycles. The average molecular weight is 362 g/mol. The van der Waals surface area contributed by atoms with Crippen molar-refractivity contribution in [1.29, 1.82) is 0 Å². The standard InChI is InChI=1S/C18H22N2O4S/c1-4-23-14-6-7-15-13(9-14)8-12(3)18(20-15)25-11-16(21)19-10-17(22)24-5-2/h6-9H,4-5,10-11H2,1-3H3,(H,19,21). The van der Waals surface area contributed by atoms with E-state index in [9.17, 15) is 9.59 Å². The first kappa shape index (κ1) is 19.1. The third kappa shape index (κ3) is 5.63. The lowest BCUT2D eigenvalue weighted by atomic mass is 10.1. The maximum absolute atomic E-state index is 11.8. The number of carbonyl (C=O) groups excluding carboxylic acids is 2. The molecule has 0 saturated carbocycles. The van der Waals surface area contributed by atoms with E-state index in [1.807, 2.05) is 38.1 Å². The molecule has 0 spiro atoms. The molecule has 1 N–H and O–H groups in total. The summed E-state index contributed by atoms with van der Waals surface area (Å²) in [5.41, 5.74) is 1.84. The molecule has 0 aliphatic rings. The molecule has 134 valence electrons. The van der Waals surface area contributed by atoms with Gasteiger partial charge in [0.2, 0.25) is 5.91 Å². The van der Waals surface area contributed by atoms with Gasteiger partial charge in [0, 0.05) is 5.39 Å². The minimum absolute atomic E-state index is 0.114. The molecule has 0 atom stereocenters. The van der Waals surface area contributed by atoms with Crippen molar-refractivity contribution < 1.29 is 19.1 Å². The highest BCUT2D eigenvalue weighted by Gasteiger charge is 2.10. The minimum Gasteiger partial charge on any atom is -0.494 e. The Labute approximate surface area is 151 Å². The highest BCUT2D eigenvalue weighted by atomic mass is 32.2. The van der Waals surface area contributed by atoms with Gasteiger partial charge in [0.05, 0.1) is 24.5 Å². The van der Waals surface area contributed by atoms with E-state index in [-0.39, 0.29) is 18.2 Å². The Morgan fingerprint density at radius 3 is 2.72 bits per heavy atom. The van der Waals surface area contributed by atoms with Crippen LogP contribution in [0.4, 0.5) is 0 Å². The fourth-order valence-corrected chi connectivity index (χ4v) is 3.03. The van der Waals surface area contributed by atoms with Crippen LogP contribution in [0.5, 0.6) is 5.75 Å². The van der Waals surface area contributed by atoms with Crippen molar-refractivity contribution >= 4 is 34.5 Å². The fourth-order valence-electron chi connectivity index (χ4n) is 2.21. The number of fused-ring (bicyclic) bond motifs is 1. The number of ether oxygens (including phenoxy) is 2. The Balaban J connectivity index is 1.98. The van der Waals surface area contributed by atoms with E-state index in [0.717, 1.165) is 27.2 Å². The number of hydrogen-bond acceptors (Lipinski definition) is 6. The number of benzene rings is 1. The zero-order valence-electron chi connectivity index (χ0n) is 14.6. The van der Waals surface area contributed by atoms with Gasteiger partial charge in [-0.05, 0) is 50.6 Å². The molecular weight excluding hydrogens is 340 g/mol. The fraction of sp³-hybridized carbons (Fsp3) is 0.389. The number of rotatable bonds is 8. The summed E-state index contributed by atoms with van der Waals surface area (Å²) in [5, 5.41) is 4.33. The summed E-state index contributed by atoms with van der Waals surface area (Å²) in [6.07, 6.45) is 0. The van der Waals surface area contributed by atoms with Gasteiger partial charge < -0.3 is 14.8 Å². The van der Waals surface area contributed by atoms with Crippen LogP contribution in [0.3, 0.4) is 0 Å². The van der Waals surface area contributed by atoms with Crippen molar-refractivity contribution in [2.45, 2.75) is 25.8 Å². The molecule has 2 aromatic rings. The number of thioether (sulfide) groups is 1. The number of aromatic nitrogens is 1. The molecule has 6 nitrogen and oxygen atoms in total. The Morgan fingerprint density at radius 1 is 1.20 bits per heavy atom. The molecule has 0 saturated heterocycles. The predicted molar refractivity (Wildman–Crippen MR) is 98.0 cm³/mol. The van der Waals surface area contributed by atoms with Crippen molar-refractivity contribution in [2.24, 2.45) is 0 Å². The molecule has 1 aromatic carbocycles. The van der Waals surface area contributed by atoms with Gasteiger partial charge in [-0.25, -0.2) is 4.98 Å². The first-order valence-electron chi connectivity index (χ1n) is 8.12. The van der Waals surface area contributed by atoms with Crippen molar-refractivity contribution in [2.75, 3.05) is 25.5 Å². The molecule has 1 amide bonds. The van der Waals surface area contributed by atoms with E-state index >= 15 is 0 Å². The number of esters is 1. The van der Waals surface area contributed by atoms with Gasteiger partial charge in [-0.3, -0.25) is 9.59 Å². The summed E-state index contributed by atoms with van der Waals surface area (Å²) in [6, 6.07) is 7.78. The topological polar surface area (TPSA) is 77.5 Å². The van der Waals surface area contributed by atoms with Crippen LogP contribution < -0.4 is 10.1 Å². The summed E-state index contributed by atoms with van der Waals surface area (Å²) >= 11 is 1.34. The molecule has 7 heteroatoms. The molecule has 0 unspecified atom stereocenters. The summed E-state index contributed by atoms with van der Waals surface area (Å²) in [7, 11) is 0. The average Bonchev–Trinajstić information content (AvgIpc) is 2.58. The summed E-state index contributed by atoms with van der Waals surface area (Å²) in [6.45, 7) is 6.43. The molecule has 2 rings (SSSR count). The number of nitrogens with zero attached hydrogens (tertiary/aromatic N) is 1. The van der Waals surface area contributed by atoms with Crippen molar-refractivity contribution in [3.63, 3.8) is 0 Å². The summed E-state index contributed by atoms with van der Waals surface area (Å²) in [4.78, 5) is 27.7. The van der Waals surface area contributed by atoms with Gasteiger partial charge in [0.1, 0.15) is 17.3 Å². The van der Waals surface area contributed by atoms with Gasteiger partial charge in [-0.1, -0.05) is 11.8 Å². The number of pyridine rings is 1. The van der Waals surface area contributed by atoms with Crippen molar-refractivity contribution in [3.8, 4) is 5.75 Å². The zero-order chi connectivity index (χ0) is 18.2. The summed E-state index contributed by atoms with van der Waals surface area (Å²) in [5.74, 6) is 0.336. The lowest BCUT2D eigenvalue weighted by molar-refractivity contribution is -0.143. The summed E-state index contributed by atoms with van der Waals surface area (Å²) < 4.78 is 10.3. The second-order valence-corrected chi connectivity index (χ2v) is 6.23. The van der Waals surface area contributed by atoms with E-state index in [4.69, 9.17) is 9.47 Å². The Kier molecular flexibility index (Phi) is 7.06. The largest absolute Gasteiger partial charge is 0.494 e. The lowest BCUT2D eigenvalue weighted by Gasteiger charge is -2.09. The third-order valence-corrected chi connectivity index (χ3v) is 4.41. The van der Waals surface area contributed by atoms with E-state index in [2.05, 4.69) is 10.3 Å². The maximum Gasteiger partial charge on any atom is 0.325 e. The number of amides is 1. The number of aryl methyl sites for hydroxylation is 1. The molecule has 1 aromatic heterocycles. The highest BCUT2D eigenvalue weighted by Crippen LogP contribution is 2.26. The van der Waals surface area contributed by atoms with E-state index < -0.39 is 5.97 Å². The molecule has 0 fully saturated rings. The Bertz CT molecular complexity index is 764. The molecule has 0 radical (unpaired) electrons. The first-order valence-corrected chi connectivity index (χ1v) is 9.11. The molecule has 1 heterocycles. The number of hydrogen-bond donors (Lipinski definition) is 1. The van der Waals surface area contributed by atoms with Gasteiger partial charge in [0.15, 0.2) is 0 Å². The molecular formula is C18H22N2O4S. The lowest BCUT2D eigenvalue weighted by Crippen LogP contribution is -2.31. The number of carbonyl (C=O) groups is 2. The van der Waals surface area contributed by atoms with Gasteiger partial charge in [-0.15, -0.1) is 0 Å². The van der Waals surface area contributed by atoms with Crippen LogP contribution in [0.1, 0.15) is 19.4 Å². The third-order valence-electron chi connectivity index (χ3n) is 3.32. The minimum atomic E-state index is -0.439. The van der Waals surface area contributed by atoms with Crippen molar-refractivity contribution in [1.82, 2.24) is 10.3 Å². The highest BCUT2D eigenvalue weighted by molar-refractivity contribution is 7.99. The van der Waals surface area contributed by atoms with Gasteiger partial charge in [0.25, 0.3) is 0 Å². The predicted octanol–water partition coefficient (Wildman–Crippen LogP) is 2.71. The first-order chi connectivity index (χ1) is 12.0. The van der Waals surface area contributed by atoms with E-state index in [1.54, 1.807) is 6.92 Å². The van der Waals surface area contributed by atoms with Gasteiger partial charge >= 0.3 is 5.97 Å². The Morgan fingerprint density at radius 2 is 2.00 bits per heavy atom. The van der Waals surface area contributed by atoms with Crippen molar-refractivity contribution in [3.05, 3.63) is 29.8 Å².